The summed E-state index contributed by atoms with van der Waals surface area (Å²) < 4.78 is 15.6. The molecule has 0 radical (unpaired) electrons. The van der Waals surface area contributed by atoms with Gasteiger partial charge in [-0.2, -0.15) is 0 Å². The first-order chi connectivity index (χ1) is 11.6. The van der Waals surface area contributed by atoms with Crippen LogP contribution >= 0.6 is 0 Å². The van der Waals surface area contributed by atoms with Crippen molar-refractivity contribution in [1.29, 1.82) is 0 Å². The quantitative estimate of drug-likeness (QED) is 0.622. The zero-order chi connectivity index (χ0) is 17.5. The van der Waals surface area contributed by atoms with Crippen LogP contribution in [0.2, 0.25) is 0 Å². The van der Waals surface area contributed by atoms with Gasteiger partial charge in [0.15, 0.2) is 11.5 Å². The topological polar surface area (TPSA) is 65.0 Å². The fourth-order valence-electron chi connectivity index (χ4n) is 2.35. The molecule has 2 rings (SSSR count). The van der Waals surface area contributed by atoms with Gasteiger partial charge in [0.2, 0.25) is 0 Å². The molecule has 0 bridgehead atoms. The van der Waals surface area contributed by atoms with Crippen LogP contribution in [0.15, 0.2) is 36.4 Å². The van der Waals surface area contributed by atoms with E-state index in [1.165, 1.54) is 13.2 Å². The molecule has 0 aliphatic heterocycles. The van der Waals surface area contributed by atoms with Gasteiger partial charge in [-0.1, -0.05) is 19.1 Å². The Morgan fingerprint density at radius 3 is 2.50 bits per heavy atom. The Hall–Kier alpha value is -2.69. The highest BCUT2D eigenvalue weighted by atomic mass is 16.5. The first-order valence-electron chi connectivity index (χ1n) is 7.80. The molecule has 0 aliphatic rings. The molecule has 24 heavy (non-hydrogen) atoms. The lowest BCUT2D eigenvalue weighted by Gasteiger charge is -2.12. The molecule has 0 atom stereocenters. The lowest BCUT2D eigenvalue weighted by atomic mass is 10.0. The number of carbonyl (C=O) groups is 1. The Balaban J connectivity index is 2.21. The third-order valence-corrected chi connectivity index (χ3v) is 3.68. The van der Waals surface area contributed by atoms with Crippen molar-refractivity contribution < 1.29 is 24.1 Å². The van der Waals surface area contributed by atoms with E-state index in [0.29, 0.717) is 24.2 Å². The van der Waals surface area contributed by atoms with E-state index in [4.69, 9.17) is 14.2 Å². The smallest absolute Gasteiger partial charge is 0.310 e. The van der Waals surface area contributed by atoms with Crippen LogP contribution in [0.1, 0.15) is 24.5 Å². The summed E-state index contributed by atoms with van der Waals surface area (Å²) in [6.07, 6.45) is 1.56. The van der Waals surface area contributed by atoms with Gasteiger partial charge < -0.3 is 19.3 Å². The minimum absolute atomic E-state index is 0.0664. The SMILES string of the molecule is CCC(=O)Oc1cc(CCc2cccc(OC)c2)c(O)c(OC)c1. The van der Waals surface area contributed by atoms with Crippen molar-refractivity contribution in [3.8, 4) is 23.0 Å². The number of rotatable bonds is 7. The first-order valence-corrected chi connectivity index (χ1v) is 7.80. The van der Waals surface area contributed by atoms with Crippen LogP contribution in [-0.4, -0.2) is 25.3 Å². The van der Waals surface area contributed by atoms with Crippen molar-refractivity contribution in [2.24, 2.45) is 0 Å². The molecule has 0 saturated carbocycles. The molecule has 0 saturated heterocycles. The number of esters is 1. The molecule has 0 aromatic heterocycles. The average Bonchev–Trinajstić information content (AvgIpc) is 2.61. The minimum atomic E-state index is -0.332. The molecule has 2 aromatic carbocycles. The fourth-order valence-corrected chi connectivity index (χ4v) is 2.35. The zero-order valence-corrected chi connectivity index (χ0v) is 14.2. The van der Waals surface area contributed by atoms with Crippen LogP contribution < -0.4 is 14.2 Å². The van der Waals surface area contributed by atoms with Gasteiger partial charge in [0, 0.05) is 18.1 Å². The van der Waals surface area contributed by atoms with Gasteiger partial charge in [-0.15, -0.1) is 0 Å². The van der Waals surface area contributed by atoms with E-state index < -0.39 is 0 Å². The molecule has 0 amide bonds. The van der Waals surface area contributed by atoms with E-state index in [-0.39, 0.29) is 23.9 Å². The molecule has 1 N–H and O–H groups in total. The van der Waals surface area contributed by atoms with Gasteiger partial charge in [-0.05, 0) is 36.6 Å². The molecule has 0 heterocycles. The Morgan fingerprint density at radius 1 is 1.04 bits per heavy atom. The van der Waals surface area contributed by atoms with E-state index in [0.717, 1.165) is 11.3 Å². The standard InChI is InChI=1S/C19H22O5/c1-4-18(20)24-16-11-14(19(21)17(12-16)23-3)9-8-13-6-5-7-15(10-13)22-2/h5-7,10-12,21H,4,8-9H2,1-3H3. The van der Waals surface area contributed by atoms with Crippen LogP contribution in [-0.2, 0) is 17.6 Å². The second kappa shape index (κ2) is 8.24. The lowest BCUT2D eigenvalue weighted by Crippen LogP contribution is -2.06. The molecule has 0 unspecified atom stereocenters. The number of hydrogen-bond donors (Lipinski definition) is 1. The zero-order valence-electron chi connectivity index (χ0n) is 14.2. The predicted octanol–water partition coefficient (Wildman–Crippen LogP) is 3.51. The number of benzene rings is 2. The number of ether oxygens (including phenoxy) is 3. The Labute approximate surface area is 141 Å². The first kappa shape index (κ1) is 17.7. The van der Waals surface area contributed by atoms with Crippen molar-refractivity contribution in [2.45, 2.75) is 26.2 Å². The van der Waals surface area contributed by atoms with Gasteiger partial charge in [-0.25, -0.2) is 0 Å². The maximum atomic E-state index is 11.5. The highest BCUT2D eigenvalue weighted by molar-refractivity contribution is 5.72. The Kier molecular flexibility index (Phi) is 6.07. The summed E-state index contributed by atoms with van der Waals surface area (Å²) in [5.74, 6) is 1.19. The number of methoxy groups -OCH3 is 2. The third-order valence-electron chi connectivity index (χ3n) is 3.68. The second-order valence-corrected chi connectivity index (χ2v) is 5.31. The summed E-state index contributed by atoms with van der Waals surface area (Å²) in [7, 11) is 3.09. The average molecular weight is 330 g/mol. The van der Waals surface area contributed by atoms with Crippen LogP contribution in [0, 0.1) is 0 Å². The Bertz CT molecular complexity index is 709. The maximum Gasteiger partial charge on any atom is 0.310 e. The van der Waals surface area contributed by atoms with E-state index in [1.54, 1.807) is 20.1 Å². The van der Waals surface area contributed by atoms with Gasteiger partial charge in [0.1, 0.15) is 11.5 Å². The molecule has 0 spiro atoms. The van der Waals surface area contributed by atoms with E-state index in [1.807, 2.05) is 24.3 Å². The summed E-state index contributed by atoms with van der Waals surface area (Å²) in [5.41, 5.74) is 1.75. The third kappa shape index (κ3) is 4.41. The summed E-state index contributed by atoms with van der Waals surface area (Å²) in [6.45, 7) is 1.73. The highest BCUT2D eigenvalue weighted by Crippen LogP contribution is 2.35. The molecular formula is C19H22O5. The van der Waals surface area contributed by atoms with Gasteiger partial charge in [-0.3, -0.25) is 4.79 Å². The van der Waals surface area contributed by atoms with Gasteiger partial charge in [0.05, 0.1) is 14.2 Å². The van der Waals surface area contributed by atoms with Crippen molar-refractivity contribution in [3.63, 3.8) is 0 Å². The fraction of sp³-hybridized carbons (Fsp3) is 0.316. The second-order valence-electron chi connectivity index (χ2n) is 5.31. The number of phenolic OH excluding ortho intramolecular Hbond substituents is 1. The predicted molar refractivity (Wildman–Crippen MR) is 91.0 cm³/mol. The van der Waals surface area contributed by atoms with Crippen LogP contribution in [0.4, 0.5) is 0 Å². The summed E-state index contributed by atoms with van der Waals surface area (Å²) in [5, 5.41) is 10.3. The van der Waals surface area contributed by atoms with Gasteiger partial charge >= 0.3 is 5.97 Å². The normalized spacial score (nSPS) is 10.3. The Morgan fingerprint density at radius 2 is 1.83 bits per heavy atom. The van der Waals surface area contributed by atoms with Crippen LogP contribution in [0.25, 0.3) is 0 Å². The summed E-state index contributed by atoms with van der Waals surface area (Å²) in [4.78, 5) is 11.5. The van der Waals surface area contributed by atoms with Crippen molar-refractivity contribution in [3.05, 3.63) is 47.5 Å². The van der Waals surface area contributed by atoms with E-state index in [9.17, 15) is 9.90 Å². The highest BCUT2D eigenvalue weighted by Gasteiger charge is 2.13. The molecule has 5 heteroatoms. The van der Waals surface area contributed by atoms with E-state index >= 15 is 0 Å². The maximum absolute atomic E-state index is 11.5. The number of aryl methyl sites for hydroxylation is 2. The van der Waals surface area contributed by atoms with Crippen molar-refractivity contribution >= 4 is 5.97 Å². The molecular weight excluding hydrogens is 308 g/mol. The largest absolute Gasteiger partial charge is 0.504 e. The van der Waals surface area contributed by atoms with Gasteiger partial charge in [0.25, 0.3) is 0 Å². The van der Waals surface area contributed by atoms with Crippen LogP contribution in [0.3, 0.4) is 0 Å². The summed E-state index contributed by atoms with van der Waals surface area (Å²) in [6, 6.07) is 10.9. The number of hydrogen-bond acceptors (Lipinski definition) is 5. The molecule has 5 nitrogen and oxygen atoms in total. The lowest BCUT2D eigenvalue weighted by molar-refractivity contribution is -0.134. The van der Waals surface area contributed by atoms with E-state index in [2.05, 4.69) is 0 Å². The molecule has 128 valence electrons. The monoisotopic (exact) mass is 330 g/mol. The number of aromatic hydroxyl groups is 1. The number of carbonyl (C=O) groups excluding carboxylic acids is 1. The number of phenols is 1. The molecule has 0 fully saturated rings. The molecule has 2 aromatic rings. The summed E-state index contributed by atoms with van der Waals surface area (Å²) >= 11 is 0. The van der Waals surface area contributed by atoms with Crippen LogP contribution in [0.5, 0.6) is 23.0 Å². The van der Waals surface area contributed by atoms with Crippen molar-refractivity contribution in [2.75, 3.05) is 14.2 Å². The minimum Gasteiger partial charge on any atom is -0.504 e. The van der Waals surface area contributed by atoms with Crippen molar-refractivity contribution in [1.82, 2.24) is 0 Å². The molecule has 0 aliphatic carbocycles.